The molecule has 150 valence electrons. The van der Waals surface area contributed by atoms with Gasteiger partial charge in [0, 0.05) is 12.8 Å². The highest BCUT2D eigenvalue weighted by atomic mass is 16.4. The first-order valence-electron chi connectivity index (χ1n) is 9.42. The standard InChI is InChI=1S/C22H23N3O4/c1-13-10-11-15(12-14(13)2)20(22(28)29)25-19(26)9-5-8-18-23-17-7-4-3-6-16(17)21(27)24-18/h3-4,6-7,10-12,20H,5,8-9H2,1-2H3,(H,25,26)(H,28,29)(H,23,24,27). The summed E-state index contributed by atoms with van der Waals surface area (Å²) in [6.07, 6.45) is 0.979. The topological polar surface area (TPSA) is 112 Å². The summed E-state index contributed by atoms with van der Waals surface area (Å²) in [6.45, 7) is 3.84. The van der Waals surface area contributed by atoms with E-state index in [1.54, 1.807) is 30.3 Å². The fourth-order valence-electron chi connectivity index (χ4n) is 3.13. The van der Waals surface area contributed by atoms with Crippen molar-refractivity contribution in [3.05, 3.63) is 75.3 Å². The number of carboxylic acid groups (broad SMARTS) is 1. The number of nitrogens with zero attached hydrogens (tertiary/aromatic N) is 1. The lowest BCUT2D eigenvalue weighted by Gasteiger charge is -2.16. The maximum absolute atomic E-state index is 12.3. The van der Waals surface area contributed by atoms with Gasteiger partial charge in [-0.25, -0.2) is 9.78 Å². The molecule has 0 aliphatic carbocycles. The Bertz CT molecular complexity index is 1120. The zero-order chi connectivity index (χ0) is 21.0. The van der Waals surface area contributed by atoms with Crippen LogP contribution in [0.5, 0.6) is 0 Å². The highest BCUT2D eigenvalue weighted by Crippen LogP contribution is 2.18. The number of aliphatic carboxylic acids is 1. The predicted molar refractivity (Wildman–Crippen MR) is 110 cm³/mol. The van der Waals surface area contributed by atoms with Gasteiger partial charge < -0.3 is 15.4 Å². The van der Waals surface area contributed by atoms with E-state index >= 15 is 0 Å². The van der Waals surface area contributed by atoms with Gasteiger partial charge in [0.15, 0.2) is 6.04 Å². The quantitative estimate of drug-likeness (QED) is 0.571. The van der Waals surface area contributed by atoms with Gasteiger partial charge in [0.1, 0.15) is 5.82 Å². The second-order valence-electron chi connectivity index (χ2n) is 7.07. The highest BCUT2D eigenvalue weighted by molar-refractivity contribution is 5.84. The lowest BCUT2D eigenvalue weighted by Crippen LogP contribution is -2.33. The summed E-state index contributed by atoms with van der Waals surface area (Å²) < 4.78 is 0. The van der Waals surface area contributed by atoms with Crippen LogP contribution in [0.2, 0.25) is 0 Å². The smallest absolute Gasteiger partial charge is 0.330 e. The van der Waals surface area contributed by atoms with Crippen LogP contribution in [0.4, 0.5) is 0 Å². The number of amides is 1. The van der Waals surface area contributed by atoms with E-state index in [0.717, 1.165) is 11.1 Å². The van der Waals surface area contributed by atoms with Gasteiger partial charge in [0.25, 0.3) is 5.56 Å². The molecule has 1 aromatic heterocycles. The first kappa shape index (κ1) is 20.3. The molecule has 0 aliphatic rings. The Morgan fingerprint density at radius 2 is 1.90 bits per heavy atom. The van der Waals surface area contributed by atoms with Gasteiger partial charge >= 0.3 is 5.97 Å². The average molecular weight is 393 g/mol. The van der Waals surface area contributed by atoms with Gasteiger partial charge in [-0.15, -0.1) is 0 Å². The molecule has 0 radical (unpaired) electrons. The number of carbonyl (C=O) groups excluding carboxylic acids is 1. The van der Waals surface area contributed by atoms with Crippen molar-refractivity contribution in [2.75, 3.05) is 0 Å². The summed E-state index contributed by atoms with van der Waals surface area (Å²) in [7, 11) is 0. The van der Waals surface area contributed by atoms with Crippen LogP contribution in [0.3, 0.4) is 0 Å². The summed E-state index contributed by atoms with van der Waals surface area (Å²) in [5.41, 5.74) is 2.96. The van der Waals surface area contributed by atoms with E-state index in [-0.39, 0.29) is 17.9 Å². The number of hydrogen-bond donors (Lipinski definition) is 3. The maximum Gasteiger partial charge on any atom is 0.330 e. The third kappa shape index (κ3) is 4.87. The van der Waals surface area contributed by atoms with E-state index in [4.69, 9.17) is 0 Å². The lowest BCUT2D eigenvalue weighted by atomic mass is 10.0. The van der Waals surface area contributed by atoms with Crippen molar-refractivity contribution < 1.29 is 14.7 Å². The molecule has 7 nitrogen and oxygen atoms in total. The Balaban J connectivity index is 1.62. The molecule has 0 saturated carbocycles. The minimum absolute atomic E-state index is 0.130. The van der Waals surface area contributed by atoms with Gasteiger partial charge in [-0.05, 0) is 49.1 Å². The third-order valence-corrected chi connectivity index (χ3v) is 4.90. The van der Waals surface area contributed by atoms with Crippen LogP contribution in [0, 0.1) is 13.8 Å². The van der Waals surface area contributed by atoms with Crippen LogP contribution in [-0.4, -0.2) is 27.0 Å². The van der Waals surface area contributed by atoms with Gasteiger partial charge in [0.2, 0.25) is 5.91 Å². The van der Waals surface area contributed by atoms with Crippen LogP contribution < -0.4 is 10.9 Å². The molecule has 0 fully saturated rings. The number of aromatic nitrogens is 2. The van der Waals surface area contributed by atoms with Crippen molar-refractivity contribution in [3.8, 4) is 0 Å². The molecule has 0 spiro atoms. The number of para-hydroxylation sites is 1. The second kappa shape index (κ2) is 8.68. The van der Waals surface area contributed by atoms with Crippen LogP contribution in [-0.2, 0) is 16.0 Å². The van der Waals surface area contributed by atoms with E-state index in [1.165, 1.54) is 0 Å². The molecule has 1 amide bonds. The predicted octanol–water partition coefficient (Wildman–Crippen LogP) is 2.80. The molecule has 7 heteroatoms. The summed E-state index contributed by atoms with van der Waals surface area (Å²) >= 11 is 0. The summed E-state index contributed by atoms with van der Waals surface area (Å²) in [6, 6.07) is 11.3. The van der Waals surface area contributed by atoms with Gasteiger partial charge in [0.05, 0.1) is 10.9 Å². The Kier molecular flexibility index (Phi) is 6.07. The molecule has 1 heterocycles. The molecule has 1 atom stereocenters. The number of aryl methyl sites for hydroxylation is 3. The zero-order valence-electron chi connectivity index (χ0n) is 16.4. The summed E-state index contributed by atoms with van der Waals surface area (Å²) in [5.74, 6) is -0.966. The molecule has 0 bridgehead atoms. The Morgan fingerprint density at radius 3 is 2.62 bits per heavy atom. The molecule has 3 N–H and O–H groups in total. The average Bonchev–Trinajstić information content (AvgIpc) is 2.68. The fraction of sp³-hybridized carbons (Fsp3) is 0.273. The summed E-state index contributed by atoms with van der Waals surface area (Å²) in [5, 5.41) is 12.6. The largest absolute Gasteiger partial charge is 0.479 e. The zero-order valence-corrected chi connectivity index (χ0v) is 16.4. The van der Waals surface area contributed by atoms with Crippen molar-refractivity contribution in [1.82, 2.24) is 15.3 Å². The minimum atomic E-state index is -1.11. The van der Waals surface area contributed by atoms with Gasteiger partial charge in [-0.3, -0.25) is 9.59 Å². The van der Waals surface area contributed by atoms with E-state index in [0.29, 0.717) is 35.1 Å². The number of fused-ring (bicyclic) bond motifs is 1. The SMILES string of the molecule is Cc1ccc(C(NC(=O)CCCc2nc3ccccc3c(=O)[nH]2)C(=O)O)cc1C. The van der Waals surface area contributed by atoms with Crippen LogP contribution in [0.1, 0.15) is 41.4 Å². The van der Waals surface area contributed by atoms with Crippen molar-refractivity contribution in [1.29, 1.82) is 0 Å². The molecule has 0 aliphatic heterocycles. The molecule has 0 saturated heterocycles. The number of hydrogen-bond acceptors (Lipinski definition) is 4. The molecule has 3 rings (SSSR count). The second-order valence-corrected chi connectivity index (χ2v) is 7.07. The van der Waals surface area contributed by atoms with Gasteiger partial charge in [-0.1, -0.05) is 30.3 Å². The Morgan fingerprint density at radius 1 is 1.14 bits per heavy atom. The minimum Gasteiger partial charge on any atom is -0.479 e. The van der Waals surface area contributed by atoms with E-state index < -0.39 is 12.0 Å². The Hall–Kier alpha value is -3.48. The van der Waals surface area contributed by atoms with Crippen molar-refractivity contribution in [2.24, 2.45) is 0 Å². The number of benzene rings is 2. The normalized spacial score (nSPS) is 11.9. The number of nitrogens with one attached hydrogen (secondary N) is 2. The molecular formula is C22H23N3O4. The van der Waals surface area contributed by atoms with E-state index in [9.17, 15) is 19.5 Å². The van der Waals surface area contributed by atoms with E-state index in [1.807, 2.05) is 26.0 Å². The maximum atomic E-state index is 12.3. The first-order chi connectivity index (χ1) is 13.8. The molecular weight excluding hydrogens is 370 g/mol. The number of carboxylic acids is 1. The lowest BCUT2D eigenvalue weighted by molar-refractivity contribution is -0.142. The molecule has 1 unspecified atom stereocenters. The van der Waals surface area contributed by atoms with E-state index in [2.05, 4.69) is 15.3 Å². The van der Waals surface area contributed by atoms with Crippen molar-refractivity contribution >= 4 is 22.8 Å². The van der Waals surface area contributed by atoms with Crippen LogP contribution >= 0.6 is 0 Å². The monoisotopic (exact) mass is 393 g/mol. The number of rotatable bonds is 7. The third-order valence-electron chi connectivity index (χ3n) is 4.90. The van der Waals surface area contributed by atoms with Crippen molar-refractivity contribution in [3.63, 3.8) is 0 Å². The highest BCUT2D eigenvalue weighted by Gasteiger charge is 2.22. The molecule has 2 aromatic carbocycles. The number of H-pyrrole nitrogens is 1. The number of aromatic amines is 1. The number of carbonyl (C=O) groups is 2. The first-order valence-corrected chi connectivity index (χ1v) is 9.42. The van der Waals surface area contributed by atoms with Crippen LogP contribution in [0.15, 0.2) is 47.3 Å². The Labute approximate surface area is 167 Å². The molecule has 3 aromatic rings. The summed E-state index contributed by atoms with van der Waals surface area (Å²) in [4.78, 5) is 43.1. The molecule has 29 heavy (non-hydrogen) atoms. The van der Waals surface area contributed by atoms with Crippen LogP contribution in [0.25, 0.3) is 10.9 Å². The fourth-order valence-corrected chi connectivity index (χ4v) is 3.13. The van der Waals surface area contributed by atoms with Crippen molar-refractivity contribution in [2.45, 2.75) is 39.2 Å². The van der Waals surface area contributed by atoms with Gasteiger partial charge in [-0.2, -0.15) is 0 Å².